The van der Waals surface area contributed by atoms with Crippen molar-refractivity contribution in [2.75, 3.05) is 7.11 Å². The third-order valence-corrected chi connectivity index (χ3v) is 2.98. The van der Waals surface area contributed by atoms with E-state index >= 15 is 0 Å². The van der Waals surface area contributed by atoms with E-state index in [0.717, 1.165) is 6.07 Å². The van der Waals surface area contributed by atoms with E-state index in [4.69, 9.17) is 0 Å². The lowest BCUT2D eigenvalue weighted by molar-refractivity contribution is -0.274. The number of benzene rings is 1. The van der Waals surface area contributed by atoms with Gasteiger partial charge in [0.2, 0.25) is 0 Å². The van der Waals surface area contributed by atoms with Crippen LogP contribution < -0.4 is 4.74 Å². The van der Waals surface area contributed by atoms with E-state index in [1.165, 1.54) is 13.2 Å². The molecular weight excluding hydrogens is 329 g/mol. The molecule has 0 aliphatic carbocycles. The predicted octanol–water partition coefficient (Wildman–Crippen LogP) is 4.26. The molecule has 0 heterocycles. The van der Waals surface area contributed by atoms with E-state index in [1.807, 2.05) is 13.8 Å². The smallest absolute Gasteiger partial charge is 0.465 e. The summed E-state index contributed by atoms with van der Waals surface area (Å²) in [7, 11) is 1.17. The quantitative estimate of drug-likeness (QED) is 0.771. The second-order valence-corrected chi connectivity index (χ2v) is 4.92. The summed E-state index contributed by atoms with van der Waals surface area (Å²) < 4.78 is 45.2. The highest BCUT2D eigenvalue weighted by molar-refractivity contribution is 9.10. The van der Waals surface area contributed by atoms with E-state index in [-0.39, 0.29) is 16.0 Å². The van der Waals surface area contributed by atoms with Crippen LogP contribution in [0.2, 0.25) is 0 Å². The van der Waals surface area contributed by atoms with Gasteiger partial charge in [-0.3, -0.25) is 0 Å². The van der Waals surface area contributed by atoms with Crippen LogP contribution in [0.25, 0.3) is 0 Å². The summed E-state index contributed by atoms with van der Waals surface area (Å²) in [6.45, 7) is 3.64. The Balaban J connectivity index is 3.34. The molecule has 0 atom stereocenters. The number of alkyl halides is 3. The van der Waals surface area contributed by atoms with Crippen molar-refractivity contribution < 1.29 is 27.4 Å². The molecule has 1 aromatic carbocycles. The first-order valence-corrected chi connectivity index (χ1v) is 6.12. The van der Waals surface area contributed by atoms with Crippen LogP contribution in [0, 0.1) is 0 Å². The molecule has 0 radical (unpaired) electrons. The first-order chi connectivity index (χ1) is 8.65. The van der Waals surface area contributed by atoms with Crippen molar-refractivity contribution in [1.29, 1.82) is 0 Å². The van der Waals surface area contributed by atoms with Crippen molar-refractivity contribution in [3.63, 3.8) is 0 Å². The van der Waals surface area contributed by atoms with Crippen LogP contribution in [0.4, 0.5) is 13.2 Å². The number of esters is 1. The van der Waals surface area contributed by atoms with E-state index in [1.54, 1.807) is 0 Å². The maximum atomic E-state index is 12.2. The minimum Gasteiger partial charge on any atom is -0.465 e. The van der Waals surface area contributed by atoms with E-state index in [9.17, 15) is 18.0 Å². The van der Waals surface area contributed by atoms with Crippen LogP contribution in [0.5, 0.6) is 5.75 Å². The van der Waals surface area contributed by atoms with Crippen LogP contribution in [0.3, 0.4) is 0 Å². The Morgan fingerprint density at radius 2 is 1.89 bits per heavy atom. The summed E-state index contributed by atoms with van der Waals surface area (Å²) >= 11 is 3.00. The molecule has 7 heteroatoms. The zero-order valence-corrected chi connectivity index (χ0v) is 12.1. The van der Waals surface area contributed by atoms with Crippen LogP contribution in [0.15, 0.2) is 16.6 Å². The maximum Gasteiger partial charge on any atom is 0.573 e. The van der Waals surface area contributed by atoms with Crippen molar-refractivity contribution >= 4 is 21.9 Å². The SMILES string of the molecule is COC(=O)c1cc(OC(F)(F)F)c(Br)cc1C(C)C. The summed E-state index contributed by atoms with van der Waals surface area (Å²) in [5, 5.41) is 0. The fraction of sp³-hybridized carbons (Fsp3) is 0.417. The molecule has 0 aliphatic rings. The Bertz CT molecular complexity index is 484. The molecule has 0 spiro atoms. The van der Waals surface area contributed by atoms with Gasteiger partial charge in [0.05, 0.1) is 17.1 Å². The van der Waals surface area contributed by atoms with Gasteiger partial charge in [-0.25, -0.2) is 4.79 Å². The molecule has 0 bridgehead atoms. The van der Waals surface area contributed by atoms with Crippen molar-refractivity contribution in [1.82, 2.24) is 0 Å². The number of hydrogen-bond donors (Lipinski definition) is 0. The molecule has 0 amide bonds. The lowest BCUT2D eigenvalue weighted by Crippen LogP contribution is -2.18. The average molecular weight is 341 g/mol. The zero-order valence-electron chi connectivity index (χ0n) is 10.5. The Morgan fingerprint density at radius 3 is 2.32 bits per heavy atom. The van der Waals surface area contributed by atoms with Gasteiger partial charge >= 0.3 is 12.3 Å². The van der Waals surface area contributed by atoms with Gasteiger partial charge in [-0.15, -0.1) is 13.2 Å². The summed E-state index contributed by atoms with van der Waals surface area (Å²) in [5.41, 5.74) is 0.633. The third kappa shape index (κ3) is 4.12. The largest absolute Gasteiger partial charge is 0.573 e. The second-order valence-electron chi connectivity index (χ2n) is 4.06. The first-order valence-electron chi connectivity index (χ1n) is 5.33. The van der Waals surface area contributed by atoms with Crippen LogP contribution in [-0.2, 0) is 4.74 Å². The molecule has 19 heavy (non-hydrogen) atoms. The molecule has 1 rings (SSSR count). The average Bonchev–Trinajstić information content (AvgIpc) is 2.28. The number of methoxy groups -OCH3 is 1. The Kier molecular flexibility index (Phi) is 4.84. The van der Waals surface area contributed by atoms with Crippen molar-refractivity contribution in [2.24, 2.45) is 0 Å². The molecule has 3 nitrogen and oxygen atoms in total. The summed E-state index contributed by atoms with van der Waals surface area (Å²) in [6.07, 6.45) is -4.82. The topological polar surface area (TPSA) is 35.5 Å². The van der Waals surface area contributed by atoms with Crippen molar-refractivity contribution in [2.45, 2.75) is 26.1 Å². The van der Waals surface area contributed by atoms with Gasteiger partial charge in [-0.05, 0) is 39.5 Å². The van der Waals surface area contributed by atoms with Gasteiger partial charge in [0, 0.05) is 0 Å². The number of carbonyl (C=O) groups is 1. The van der Waals surface area contributed by atoms with Crippen molar-refractivity contribution in [3.05, 3.63) is 27.7 Å². The zero-order chi connectivity index (χ0) is 14.8. The number of hydrogen-bond acceptors (Lipinski definition) is 3. The Labute approximate surface area is 116 Å². The normalized spacial score (nSPS) is 11.6. The molecule has 0 saturated heterocycles. The molecular formula is C12H12BrF3O3. The highest BCUT2D eigenvalue weighted by Gasteiger charge is 2.33. The van der Waals surface area contributed by atoms with Gasteiger partial charge in [0.25, 0.3) is 0 Å². The minimum atomic E-state index is -4.82. The monoisotopic (exact) mass is 340 g/mol. The molecule has 0 aliphatic heterocycles. The van der Waals surface area contributed by atoms with E-state index in [0.29, 0.717) is 5.56 Å². The molecule has 0 fully saturated rings. The van der Waals surface area contributed by atoms with Crippen LogP contribution >= 0.6 is 15.9 Å². The molecule has 0 saturated carbocycles. The van der Waals surface area contributed by atoms with E-state index in [2.05, 4.69) is 25.4 Å². The lowest BCUT2D eigenvalue weighted by Gasteiger charge is -2.16. The first kappa shape index (κ1) is 15.8. The van der Waals surface area contributed by atoms with Crippen molar-refractivity contribution in [3.8, 4) is 5.75 Å². The number of ether oxygens (including phenoxy) is 2. The third-order valence-electron chi connectivity index (χ3n) is 2.36. The summed E-state index contributed by atoms with van der Waals surface area (Å²) in [4.78, 5) is 11.6. The minimum absolute atomic E-state index is 0.0506. The van der Waals surface area contributed by atoms with Crippen LogP contribution in [-0.4, -0.2) is 19.4 Å². The van der Waals surface area contributed by atoms with Gasteiger partial charge in [0.1, 0.15) is 5.75 Å². The lowest BCUT2D eigenvalue weighted by atomic mass is 9.97. The fourth-order valence-corrected chi connectivity index (χ4v) is 1.98. The Morgan fingerprint density at radius 1 is 1.32 bits per heavy atom. The fourth-order valence-electron chi connectivity index (χ4n) is 1.54. The predicted molar refractivity (Wildman–Crippen MR) is 66.3 cm³/mol. The number of carbonyl (C=O) groups excluding carboxylic acids is 1. The highest BCUT2D eigenvalue weighted by atomic mass is 79.9. The summed E-state index contributed by atoms with van der Waals surface area (Å²) in [5.74, 6) is -1.23. The maximum absolute atomic E-state index is 12.2. The number of rotatable bonds is 3. The van der Waals surface area contributed by atoms with Crippen LogP contribution in [0.1, 0.15) is 35.7 Å². The molecule has 1 aromatic rings. The molecule has 0 aromatic heterocycles. The van der Waals surface area contributed by atoms with Gasteiger partial charge in [0.15, 0.2) is 0 Å². The second kappa shape index (κ2) is 5.81. The van der Waals surface area contributed by atoms with Gasteiger partial charge in [-0.1, -0.05) is 13.8 Å². The van der Waals surface area contributed by atoms with Gasteiger partial charge < -0.3 is 9.47 Å². The molecule has 106 valence electrons. The molecule has 0 unspecified atom stereocenters. The standard InChI is InChI=1S/C12H12BrF3O3/c1-6(2)7-4-9(13)10(19-12(14,15)16)5-8(7)11(17)18-3/h4-6H,1-3H3. The summed E-state index contributed by atoms with van der Waals surface area (Å²) in [6, 6.07) is 2.46. The molecule has 0 N–H and O–H groups in total. The highest BCUT2D eigenvalue weighted by Crippen LogP contribution is 2.35. The Hall–Kier alpha value is -1.24. The number of halogens is 4. The van der Waals surface area contributed by atoms with Gasteiger partial charge in [-0.2, -0.15) is 0 Å². The van der Waals surface area contributed by atoms with E-state index < -0.39 is 18.1 Å².